The molecular formula is C14H19NO2. The van der Waals surface area contributed by atoms with Crippen molar-refractivity contribution in [2.24, 2.45) is 5.92 Å². The highest BCUT2D eigenvalue weighted by Crippen LogP contribution is 2.26. The Kier molecular flexibility index (Phi) is 3.79. The quantitative estimate of drug-likeness (QED) is 0.826. The van der Waals surface area contributed by atoms with Gasteiger partial charge >= 0.3 is 0 Å². The minimum Gasteiger partial charge on any atom is -0.393 e. The van der Waals surface area contributed by atoms with Crippen LogP contribution in [-0.2, 0) is 11.2 Å². The van der Waals surface area contributed by atoms with E-state index in [1.165, 1.54) is 5.56 Å². The maximum atomic E-state index is 11.6. The zero-order valence-electron chi connectivity index (χ0n) is 10.1. The largest absolute Gasteiger partial charge is 0.393 e. The first-order chi connectivity index (χ1) is 8.13. The van der Waals surface area contributed by atoms with Gasteiger partial charge in [-0.25, -0.2) is 0 Å². The van der Waals surface area contributed by atoms with Gasteiger partial charge < -0.3 is 10.4 Å². The second-order valence-electron chi connectivity index (χ2n) is 4.96. The van der Waals surface area contributed by atoms with Crippen LogP contribution in [0.1, 0.15) is 24.0 Å². The highest BCUT2D eigenvalue weighted by molar-refractivity contribution is 5.78. The van der Waals surface area contributed by atoms with Crippen molar-refractivity contribution in [2.75, 3.05) is 6.54 Å². The standard InChI is InChI=1S/C14H19NO2/c1-10-2-4-11(5-3-10)8-14(17)15-9-12-6-13(16)7-12/h2-5,12-13,16H,6-9H2,1H3,(H,15,17). The number of hydrogen-bond donors (Lipinski definition) is 2. The summed E-state index contributed by atoms with van der Waals surface area (Å²) in [6, 6.07) is 8.01. The van der Waals surface area contributed by atoms with Crippen LogP contribution in [-0.4, -0.2) is 23.7 Å². The number of hydrogen-bond acceptors (Lipinski definition) is 2. The van der Waals surface area contributed by atoms with E-state index in [1.54, 1.807) is 0 Å². The third kappa shape index (κ3) is 3.56. The van der Waals surface area contributed by atoms with Crippen molar-refractivity contribution in [1.82, 2.24) is 5.32 Å². The van der Waals surface area contributed by atoms with Crippen LogP contribution in [0, 0.1) is 12.8 Å². The number of aliphatic hydroxyl groups excluding tert-OH is 1. The number of benzene rings is 1. The van der Waals surface area contributed by atoms with Gasteiger partial charge in [-0.05, 0) is 31.2 Å². The Morgan fingerprint density at radius 1 is 1.35 bits per heavy atom. The molecule has 0 atom stereocenters. The summed E-state index contributed by atoms with van der Waals surface area (Å²) in [7, 11) is 0. The molecule has 1 aliphatic rings. The molecule has 0 radical (unpaired) electrons. The molecular weight excluding hydrogens is 214 g/mol. The number of aliphatic hydroxyl groups is 1. The zero-order chi connectivity index (χ0) is 12.3. The number of rotatable bonds is 4. The average Bonchev–Trinajstić information content (AvgIpc) is 2.26. The number of nitrogens with one attached hydrogen (secondary N) is 1. The molecule has 92 valence electrons. The first-order valence-corrected chi connectivity index (χ1v) is 6.14. The first-order valence-electron chi connectivity index (χ1n) is 6.14. The van der Waals surface area contributed by atoms with E-state index >= 15 is 0 Å². The van der Waals surface area contributed by atoms with Crippen molar-refractivity contribution in [1.29, 1.82) is 0 Å². The summed E-state index contributed by atoms with van der Waals surface area (Å²) in [5, 5.41) is 12.1. The third-order valence-electron chi connectivity index (χ3n) is 3.28. The molecule has 3 heteroatoms. The highest BCUT2D eigenvalue weighted by atomic mass is 16.3. The van der Waals surface area contributed by atoms with Crippen molar-refractivity contribution in [3.8, 4) is 0 Å². The third-order valence-corrected chi connectivity index (χ3v) is 3.28. The summed E-state index contributed by atoms with van der Waals surface area (Å²) < 4.78 is 0. The van der Waals surface area contributed by atoms with E-state index < -0.39 is 0 Å². The zero-order valence-corrected chi connectivity index (χ0v) is 10.1. The van der Waals surface area contributed by atoms with Gasteiger partial charge in [0.25, 0.3) is 0 Å². The molecule has 0 heterocycles. The molecule has 1 aliphatic carbocycles. The normalized spacial score (nSPS) is 22.9. The summed E-state index contributed by atoms with van der Waals surface area (Å²) in [4.78, 5) is 11.6. The summed E-state index contributed by atoms with van der Waals surface area (Å²) in [6.45, 7) is 2.73. The van der Waals surface area contributed by atoms with E-state index in [4.69, 9.17) is 5.11 Å². The molecule has 0 saturated heterocycles. The fourth-order valence-electron chi connectivity index (χ4n) is 2.08. The Hall–Kier alpha value is -1.35. The number of amides is 1. The van der Waals surface area contributed by atoms with Gasteiger partial charge in [-0.15, -0.1) is 0 Å². The molecule has 0 bridgehead atoms. The molecule has 3 nitrogen and oxygen atoms in total. The fourth-order valence-corrected chi connectivity index (χ4v) is 2.08. The van der Waals surface area contributed by atoms with Crippen LogP contribution in [0.2, 0.25) is 0 Å². The first kappa shape index (κ1) is 12.1. The SMILES string of the molecule is Cc1ccc(CC(=O)NCC2CC(O)C2)cc1. The van der Waals surface area contributed by atoms with Gasteiger partial charge in [0.1, 0.15) is 0 Å². The van der Waals surface area contributed by atoms with Crippen molar-refractivity contribution in [3.05, 3.63) is 35.4 Å². The lowest BCUT2D eigenvalue weighted by atomic mass is 9.82. The Morgan fingerprint density at radius 2 is 2.00 bits per heavy atom. The van der Waals surface area contributed by atoms with Gasteiger partial charge in [-0.2, -0.15) is 0 Å². The van der Waals surface area contributed by atoms with Crippen LogP contribution >= 0.6 is 0 Å². The molecule has 17 heavy (non-hydrogen) atoms. The van der Waals surface area contributed by atoms with Crippen molar-refractivity contribution < 1.29 is 9.90 Å². The fraction of sp³-hybridized carbons (Fsp3) is 0.500. The lowest BCUT2D eigenvalue weighted by Gasteiger charge is -2.31. The molecule has 1 fully saturated rings. The Balaban J connectivity index is 1.71. The predicted octanol–water partition coefficient (Wildman–Crippen LogP) is 1.42. The van der Waals surface area contributed by atoms with Crippen LogP contribution in [0.15, 0.2) is 24.3 Å². The molecule has 2 N–H and O–H groups in total. The van der Waals surface area contributed by atoms with Gasteiger partial charge in [-0.3, -0.25) is 4.79 Å². The number of carbonyl (C=O) groups is 1. The topological polar surface area (TPSA) is 49.3 Å². The molecule has 1 amide bonds. The lowest BCUT2D eigenvalue weighted by Crippen LogP contribution is -2.38. The van der Waals surface area contributed by atoms with E-state index in [-0.39, 0.29) is 12.0 Å². The lowest BCUT2D eigenvalue weighted by molar-refractivity contribution is -0.121. The van der Waals surface area contributed by atoms with Crippen molar-refractivity contribution in [2.45, 2.75) is 32.3 Å². The smallest absolute Gasteiger partial charge is 0.224 e. The van der Waals surface area contributed by atoms with E-state index in [9.17, 15) is 4.79 Å². The second-order valence-corrected chi connectivity index (χ2v) is 4.96. The van der Waals surface area contributed by atoms with Gasteiger partial charge in [0.15, 0.2) is 0 Å². The minimum atomic E-state index is -0.144. The highest BCUT2D eigenvalue weighted by Gasteiger charge is 2.26. The van der Waals surface area contributed by atoms with E-state index in [0.29, 0.717) is 18.9 Å². The molecule has 1 aromatic carbocycles. The summed E-state index contributed by atoms with van der Waals surface area (Å²) >= 11 is 0. The second kappa shape index (κ2) is 5.32. The van der Waals surface area contributed by atoms with Crippen molar-refractivity contribution in [3.63, 3.8) is 0 Å². The maximum absolute atomic E-state index is 11.6. The summed E-state index contributed by atoms with van der Waals surface area (Å²) in [5.41, 5.74) is 2.25. The van der Waals surface area contributed by atoms with Gasteiger partial charge in [0.2, 0.25) is 5.91 Å². The van der Waals surface area contributed by atoms with Crippen molar-refractivity contribution >= 4 is 5.91 Å². The average molecular weight is 233 g/mol. The summed E-state index contributed by atoms with van der Waals surface area (Å²) in [5.74, 6) is 0.530. The van der Waals surface area contributed by atoms with E-state index in [0.717, 1.165) is 18.4 Å². The van der Waals surface area contributed by atoms with Gasteiger partial charge in [0, 0.05) is 6.54 Å². The van der Waals surface area contributed by atoms with E-state index in [2.05, 4.69) is 5.32 Å². The Labute approximate surface area is 102 Å². The van der Waals surface area contributed by atoms with E-state index in [1.807, 2.05) is 31.2 Å². The predicted molar refractivity (Wildman–Crippen MR) is 66.6 cm³/mol. The van der Waals surface area contributed by atoms with Crippen LogP contribution in [0.3, 0.4) is 0 Å². The van der Waals surface area contributed by atoms with Gasteiger partial charge in [0.05, 0.1) is 12.5 Å². The molecule has 0 spiro atoms. The molecule has 0 aromatic heterocycles. The van der Waals surface area contributed by atoms with Gasteiger partial charge in [-0.1, -0.05) is 29.8 Å². The molecule has 0 unspecified atom stereocenters. The molecule has 0 aliphatic heterocycles. The molecule has 2 rings (SSSR count). The van der Waals surface area contributed by atoms with Crippen LogP contribution < -0.4 is 5.32 Å². The van der Waals surface area contributed by atoms with Crippen LogP contribution in [0.4, 0.5) is 0 Å². The molecule has 1 aromatic rings. The Bertz CT molecular complexity index is 380. The number of aryl methyl sites for hydroxylation is 1. The maximum Gasteiger partial charge on any atom is 0.224 e. The number of carbonyl (C=O) groups excluding carboxylic acids is 1. The van der Waals surface area contributed by atoms with Crippen LogP contribution in [0.5, 0.6) is 0 Å². The monoisotopic (exact) mass is 233 g/mol. The Morgan fingerprint density at radius 3 is 2.59 bits per heavy atom. The van der Waals surface area contributed by atoms with Crippen LogP contribution in [0.25, 0.3) is 0 Å². The summed E-state index contributed by atoms with van der Waals surface area (Å²) in [6.07, 6.45) is 1.94. The minimum absolute atomic E-state index is 0.0650. The molecule has 1 saturated carbocycles.